The average Bonchev–Trinajstić information content (AvgIpc) is 2.97. The highest BCUT2D eigenvalue weighted by atomic mass is 16.5. The number of methoxy groups -OCH3 is 1. The summed E-state index contributed by atoms with van der Waals surface area (Å²) in [6, 6.07) is 7.39. The number of hydrogen-bond acceptors (Lipinski definition) is 4. The number of carbonyl (C=O) groups is 1. The van der Waals surface area contributed by atoms with Gasteiger partial charge in [-0.25, -0.2) is 4.98 Å². The zero-order chi connectivity index (χ0) is 15.5. The maximum atomic E-state index is 12.2. The zero-order valence-corrected chi connectivity index (χ0v) is 12.4. The lowest BCUT2D eigenvalue weighted by atomic mass is 10.1. The van der Waals surface area contributed by atoms with Crippen molar-refractivity contribution in [1.29, 1.82) is 0 Å². The van der Waals surface area contributed by atoms with Crippen LogP contribution >= 0.6 is 0 Å². The van der Waals surface area contributed by atoms with Crippen LogP contribution in [0.5, 0.6) is 5.75 Å². The van der Waals surface area contributed by atoms with Crippen molar-refractivity contribution in [2.75, 3.05) is 7.11 Å². The molecule has 0 aliphatic rings. The van der Waals surface area contributed by atoms with Gasteiger partial charge in [-0.1, -0.05) is 0 Å². The van der Waals surface area contributed by atoms with Crippen LogP contribution in [0.15, 0.2) is 43.0 Å². The van der Waals surface area contributed by atoms with Crippen LogP contribution in [0.4, 0.5) is 0 Å². The molecule has 2 aromatic heterocycles. The lowest BCUT2D eigenvalue weighted by Crippen LogP contribution is -2.23. The Morgan fingerprint density at radius 3 is 2.91 bits per heavy atom. The summed E-state index contributed by atoms with van der Waals surface area (Å²) in [7, 11) is 3.50. The predicted octanol–water partition coefficient (Wildman–Crippen LogP) is 1.91. The van der Waals surface area contributed by atoms with Crippen LogP contribution in [0.3, 0.4) is 0 Å². The van der Waals surface area contributed by atoms with E-state index in [1.165, 1.54) is 0 Å². The van der Waals surface area contributed by atoms with Crippen molar-refractivity contribution < 1.29 is 9.53 Å². The number of pyridine rings is 1. The van der Waals surface area contributed by atoms with Gasteiger partial charge in [0, 0.05) is 30.9 Å². The summed E-state index contributed by atoms with van der Waals surface area (Å²) in [4.78, 5) is 20.7. The molecule has 6 heteroatoms. The molecule has 112 valence electrons. The SMILES string of the molecule is COc1ccc2cc(C(=O)NCc3cn(C)cn3)cnc2c1. The molecule has 0 spiro atoms. The summed E-state index contributed by atoms with van der Waals surface area (Å²) in [5.74, 6) is 0.572. The number of carbonyl (C=O) groups excluding carboxylic acids is 1. The van der Waals surface area contributed by atoms with Gasteiger partial charge in [-0.2, -0.15) is 0 Å². The number of aryl methyl sites for hydroxylation is 1. The van der Waals surface area contributed by atoms with E-state index >= 15 is 0 Å². The number of nitrogens with one attached hydrogen (secondary N) is 1. The molecule has 0 unspecified atom stereocenters. The lowest BCUT2D eigenvalue weighted by Gasteiger charge is -2.06. The van der Waals surface area contributed by atoms with Crippen LogP contribution in [-0.4, -0.2) is 27.6 Å². The van der Waals surface area contributed by atoms with Crippen molar-refractivity contribution in [3.05, 3.63) is 54.2 Å². The third-order valence-corrected chi connectivity index (χ3v) is 3.34. The summed E-state index contributed by atoms with van der Waals surface area (Å²) in [5.41, 5.74) is 2.13. The number of aromatic nitrogens is 3. The Morgan fingerprint density at radius 2 is 2.18 bits per heavy atom. The van der Waals surface area contributed by atoms with Gasteiger partial charge < -0.3 is 14.6 Å². The van der Waals surface area contributed by atoms with Gasteiger partial charge in [0.2, 0.25) is 0 Å². The fraction of sp³-hybridized carbons (Fsp3) is 0.188. The molecule has 0 aliphatic heterocycles. The zero-order valence-electron chi connectivity index (χ0n) is 12.4. The Balaban J connectivity index is 1.76. The van der Waals surface area contributed by atoms with Crippen LogP contribution in [-0.2, 0) is 13.6 Å². The fourth-order valence-corrected chi connectivity index (χ4v) is 2.18. The summed E-state index contributed by atoms with van der Waals surface area (Å²) in [6.07, 6.45) is 5.13. The van der Waals surface area contributed by atoms with Gasteiger partial charge in [0.1, 0.15) is 5.75 Å². The molecule has 0 fully saturated rings. The van der Waals surface area contributed by atoms with E-state index in [1.807, 2.05) is 42.1 Å². The first-order chi connectivity index (χ1) is 10.7. The molecule has 3 aromatic rings. The van der Waals surface area contributed by atoms with Crippen LogP contribution in [0.1, 0.15) is 16.1 Å². The molecule has 22 heavy (non-hydrogen) atoms. The maximum absolute atomic E-state index is 12.2. The molecule has 0 atom stereocenters. The summed E-state index contributed by atoms with van der Waals surface area (Å²) < 4.78 is 7.00. The Hall–Kier alpha value is -2.89. The van der Waals surface area contributed by atoms with E-state index in [2.05, 4.69) is 15.3 Å². The molecule has 6 nitrogen and oxygen atoms in total. The number of rotatable bonds is 4. The van der Waals surface area contributed by atoms with Crippen LogP contribution in [0.2, 0.25) is 0 Å². The second-order valence-electron chi connectivity index (χ2n) is 5.00. The molecule has 0 bridgehead atoms. The number of nitrogens with zero attached hydrogens (tertiary/aromatic N) is 3. The van der Waals surface area contributed by atoms with Gasteiger partial charge in [-0.05, 0) is 18.2 Å². The quantitative estimate of drug-likeness (QED) is 0.798. The molecule has 0 saturated carbocycles. The van der Waals surface area contributed by atoms with E-state index in [9.17, 15) is 4.79 Å². The predicted molar refractivity (Wildman–Crippen MR) is 82.7 cm³/mol. The highest BCUT2D eigenvalue weighted by molar-refractivity contribution is 5.97. The molecule has 2 heterocycles. The summed E-state index contributed by atoms with van der Waals surface area (Å²) >= 11 is 0. The van der Waals surface area contributed by atoms with Gasteiger partial charge in [0.15, 0.2) is 0 Å². The van der Waals surface area contributed by atoms with Gasteiger partial charge in [0.05, 0.1) is 36.8 Å². The van der Waals surface area contributed by atoms with Gasteiger partial charge in [-0.15, -0.1) is 0 Å². The first-order valence-electron chi connectivity index (χ1n) is 6.84. The third kappa shape index (κ3) is 2.90. The van der Waals surface area contributed by atoms with Gasteiger partial charge in [0.25, 0.3) is 5.91 Å². The van der Waals surface area contributed by atoms with E-state index in [0.717, 1.165) is 22.3 Å². The first-order valence-corrected chi connectivity index (χ1v) is 6.84. The molecule has 0 saturated heterocycles. The number of fused-ring (bicyclic) bond motifs is 1. The largest absolute Gasteiger partial charge is 0.497 e. The molecular formula is C16H16N4O2. The van der Waals surface area contributed by atoms with Gasteiger partial charge >= 0.3 is 0 Å². The average molecular weight is 296 g/mol. The highest BCUT2D eigenvalue weighted by Crippen LogP contribution is 2.19. The minimum Gasteiger partial charge on any atom is -0.497 e. The Labute approximate surface area is 127 Å². The topological polar surface area (TPSA) is 69.0 Å². The van der Waals surface area contributed by atoms with Crippen LogP contribution in [0.25, 0.3) is 10.9 Å². The number of benzene rings is 1. The Morgan fingerprint density at radius 1 is 1.32 bits per heavy atom. The van der Waals surface area contributed by atoms with Crippen LogP contribution in [0, 0.1) is 0 Å². The van der Waals surface area contributed by atoms with Crippen molar-refractivity contribution in [3.63, 3.8) is 0 Å². The summed E-state index contributed by atoms with van der Waals surface area (Å²) in [6.45, 7) is 0.389. The number of hydrogen-bond donors (Lipinski definition) is 1. The van der Waals surface area contributed by atoms with E-state index < -0.39 is 0 Å². The minimum atomic E-state index is -0.170. The lowest BCUT2D eigenvalue weighted by molar-refractivity contribution is 0.0950. The fourth-order valence-electron chi connectivity index (χ4n) is 2.18. The number of imidazole rings is 1. The number of ether oxygens (including phenoxy) is 1. The van der Waals surface area contributed by atoms with Crippen molar-refractivity contribution in [2.24, 2.45) is 7.05 Å². The smallest absolute Gasteiger partial charge is 0.253 e. The molecule has 3 rings (SSSR count). The molecular weight excluding hydrogens is 280 g/mol. The third-order valence-electron chi connectivity index (χ3n) is 3.34. The summed E-state index contributed by atoms with van der Waals surface area (Å²) in [5, 5.41) is 3.73. The molecule has 0 radical (unpaired) electrons. The van der Waals surface area contributed by atoms with Crippen LogP contribution < -0.4 is 10.1 Å². The standard InChI is InChI=1S/C16H16N4O2/c1-20-9-13(19-10-20)8-18-16(21)12-5-11-3-4-14(22-2)6-15(11)17-7-12/h3-7,9-10H,8H2,1-2H3,(H,18,21). The normalized spacial score (nSPS) is 10.6. The van der Waals surface area contributed by atoms with E-state index in [4.69, 9.17) is 4.74 Å². The maximum Gasteiger partial charge on any atom is 0.253 e. The highest BCUT2D eigenvalue weighted by Gasteiger charge is 2.08. The Kier molecular flexibility index (Phi) is 3.74. The molecule has 1 amide bonds. The van der Waals surface area contributed by atoms with Crippen molar-refractivity contribution in [3.8, 4) is 5.75 Å². The number of amides is 1. The van der Waals surface area contributed by atoms with Crippen molar-refractivity contribution >= 4 is 16.8 Å². The minimum absolute atomic E-state index is 0.170. The Bertz CT molecular complexity index is 826. The van der Waals surface area contributed by atoms with E-state index in [-0.39, 0.29) is 5.91 Å². The molecule has 1 N–H and O–H groups in total. The van der Waals surface area contributed by atoms with Crippen molar-refractivity contribution in [2.45, 2.75) is 6.54 Å². The van der Waals surface area contributed by atoms with E-state index in [0.29, 0.717) is 12.1 Å². The first kappa shape index (κ1) is 14.1. The monoisotopic (exact) mass is 296 g/mol. The molecule has 0 aliphatic carbocycles. The second kappa shape index (κ2) is 5.85. The van der Waals surface area contributed by atoms with Gasteiger partial charge in [-0.3, -0.25) is 9.78 Å². The second-order valence-corrected chi connectivity index (χ2v) is 5.00. The molecule has 1 aromatic carbocycles. The van der Waals surface area contributed by atoms with Crippen molar-refractivity contribution in [1.82, 2.24) is 19.9 Å². The van der Waals surface area contributed by atoms with E-state index in [1.54, 1.807) is 19.6 Å².